The van der Waals surface area contributed by atoms with Crippen molar-refractivity contribution in [2.24, 2.45) is 0 Å². The fourth-order valence-electron chi connectivity index (χ4n) is 2.97. The van der Waals surface area contributed by atoms with E-state index in [0.29, 0.717) is 6.10 Å². The first-order valence-electron chi connectivity index (χ1n) is 8.27. The maximum atomic E-state index is 5.73. The normalized spacial score (nSPS) is 16.4. The molecule has 1 aromatic rings. The topological polar surface area (TPSA) is 37.4 Å². The fourth-order valence-corrected chi connectivity index (χ4v) is 2.97. The van der Waals surface area contributed by atoms with Crippen LogP contribution in [0.5, 0.6) is 0 Å². The number of ether oxygens (including phenoxy) is 1. The second kappa shape index (κ2) is 8.35. The van der Waals surface area contributed by atoms with E-state index in [1.165, 1.54) is 11.3 Å². The fraction of sp³-hybridized carbons (Fsp3) is 0.706. The van der Waals surface area contributed by atoms with Gasteiger partial charge in [-0.05, 0) is 50.9 Å². The predicted octanol–water partition coefficient (Wildman–Crippen LogP) is 2.76. The molecule has 0 unspecified atom stereocenters. The van der Waals surface area contributed by atoms with Gasteiger partial charge >= 0.3 is 0 Å². The van der Waals surface area contributed by atoms with Crippen LogP contribution in [0.1, 0.15) is 44.4 Å². The molecule has 1 N–H and O–H groups in total. The molecule has 0 aliphatic carbocycles. The average molecular weight is 291 g/mol. The number of anilines is 1. The number of pyridine rings is 1. The molecule has 118 valence electrons. The Morgan fingerprint density at radius 2 is 2.05 bits per heavy atom. The third-order valence-electron chi connectivity index (χ3n) is 3.98. The van der Waals surface area contributed by atoms with Gasteiger partial charge in [0.25, 0.3) is 0 Å². The average Bonchev–Trinajstić information content (AvgIpc) is 2.49. The van der Waals surface area contributed by atoms with E-state index in [0.717, 1.165) is 57.7 Å². The lowest BCUT2D eigenvalue weighted by Crippen LogP contribution is -2.37. The molecule has 0 saturated carbocycles. The molecule has 4 heteroatoms. The predicted molar refractivity (Wildman–Crippen MR) is 87.9 cm³/mol. The van der Waals surface area contributed by atoms with E-state index in [2.05, 4.69) is 36.2 Å². The summed E-state index contributed by atoms with van der Waals surface area (Å²) in [6.45, 7) is 8.10. The van der Waals surface area contributed by atoms with Gasteiger partial charge in [-0.15, -0.1) is 0 Å². The van der Waals surface area contributed by atoms with E-state index >= 15 is 0 Å². The van der Waals surface area contributed by atoms with Crippen LogP contribution in [0.4, 0.5) is 5.82 Å². The molecule has 0 radical (unpaired) electrons. The van der Waals surface area contributed by atoms with Crippen LogP contribution in [0.2, 0.25) is 0 Å². The SMILES string of the molecule is CCCc1cc(CNC)cc(N2CCC(OCC)CC2)n1. The Bertz CT molecular complexity index is 404. The van der Waals surface area contributed by atoms with Gasteiger partial charge in [0.05, 0.1) is 6.10 Å². The van der Waals surface area contributed by atoms with E-state index in [9.17, 15) is 0 Å². The summed E-state index contributed by atoms with van der Waals surface area (Å²) in [5.74, 6) is 1.14. The molecule has 1 aromatic heterocycles. The lowest BCUT2D eigenvalue weighted by molar-refractivity contribution is 0.0458. The lowest BCUT2D eigenvalue weighted by Gasteiger charge is -2.33. The van der Waals surface area contributed by atoms with Crippen LogP contribution in [0.3, 0.4) is 0 Å². The zero-order chi connectivity index (χ0) is 15.1. The number of nitrogens with zero attached hydrogens (tertiary/aromatic N) is 2. The summed E-state index contributed by atoms with van der Waals surface area (Å²) in [7, 11) is 1.99. The van der Waals surface area contributed by atoms with E-state index in [1.54, 1.807) is 0 Å². The van der Waals surface area contributed by atoms with E-state index in [1.807, 2.05) is 7.05 Å². The van der Waals surface area contributed by atoms with Gasteiger partial charge in [-0.25, -0.2) is 4.98 Å². The first kappa shape index (κ1) is 16.2. The highest BCUT2D eigenvalue weighted by molar-refractivity contribution is 5.43. The number of aromatic nitrogens is 1. The van der Waals surface area contributed by atoms with Crippen molar-refractivity contribution in [3.63, 3.8) is 0 Å². The summed E-state index contributed by atoms with van der Waals surface area (Å²) < 4.78 is 5.73. The van der Waals surface area contributed by atoms with Crippen LogP contribution >= 0.6 is 0 Å². The highest BCUT2D eigenvalue weighted by atomic mass is 16.5. The molecule has 1 fully saturated rings. The van der Waals surface area contributed by atoms with Gasteiger partial charge in [0.2, 0.25) is 0 Å². The lowest BCUT2D eigenvalue weighted by atomic mass is 10.1. The largest absolute Gasteiger partial charge is 0.378 e. The Morgan fingerprint density at radius 3 is 2.67 bits per heavy atom. The first-order valence-corrected chi connectivity index (χ1v) is 8.27. The number of hydrogen-bond acceptors (Lipinski definition) is 4. The van der Waals surface area contributed by atoms with Gasteiger partial charge in [0.1, 0.15) is 5.82 Å². The van der Waals surface area contributed by atoms with Crippen molar-refractivity contribution in [1.82, 2.24) is 10.3 Å². The van der Waals surface area contributed by atoms with Crippen LogP contribution in [0, 0.1) is 0 Å². The quantitative estimate of drug-likeness (QED) is 0.838. The molecule has 21 heavy (non-hydrogen) atoms. The third-order valence-corrected chi connectivity index (χ3v) is 3.98. The zero-order valence-electron chi connectivity index (χ0n) is 13.7. The number of nitrogens with one attached hydrogen (secondary N) is 1. The highest BCUT2D eigenvalue weighted by Crippen LogP contribution is 2.22. The van der Waals surface area contributed by atoms with Crippen molar-refractivity contribution in [3.05, 3.63) is 23.4 Å². The van der Waals surface area contributed by atoms with Gasteiger partial charge in [0, 0.05) is 31.9 Å². The second-order valence-electron chi connectivity index (χ2n) is 5.75. The summed E-state index contributed by atoms with van der Waals surface area (Å²) in [5, 5.41) is 3.24. The molecular weight excluding hydrogens is 262 g/mol. The van der Waals surface area contributed by atoms with Crippen molar-refractivity contribution >= 4 is 5.82 Å². The molecule has 2 rings (SSSR count). The Morgan fingerprint density at radius 1 is 1.29 bits per heavy atom. The molecule has 0 atom stereocenters. The molecule has 0 aromatic carbocycles. The minimum atomic E-state index is 0.432. The van der Waals surface area contributed by atoms with Crippen molar-refractivity contribution in [2.75, 3.05) is 31.6 Å². The van der Waals surface area contributed by atoms with Gasteiger partial charge in [-0.3, -0.25) is 0 Å². The molecule has 1 aliphatic rings. The summed E-state index contributed by atoms with van der Waals surface area (Å²) in [6, 6.07) is 4.47. The zero-order valence-corrected chi connectivity index (χ0v) is 13.7. The minimum Gasteiger partial charge on any atom is -0.378 e. The minimum absolute atomic E-state index is 0.432. The molecule has 1 saturated heterocycles. The van der Waals surface area contributed by atoms with Crippen LogP contribution in [0.15, 0.2) is 12.1 Å². The molecule has 4 nitrogen and oxygen atoms in total. The van der Waals surface area contributed by atoms with Crippen molar-refractivity contribution in [1.29, 1.82) is 0 Å². The maximum Gasteiger partial charge on any atom is 0.129 e. The van der Waals surface area contributed by atoms with Gasteiger partial charge in [-0.1, -0.05) is 13.3 Å². The van der Waals surface area contributed by atoms with Crippen molar-refractivity contribution in [3.8, 4) is 0 Å². The summed E-state index contributed by atoms with van der Waals surface area (Å²) in [5.41, 5.74) is 2.55. The number of piperidine rings is 1. The van der Waals surface area contributed by atoms with E-state index in [-0.39, 0.29) is 0 Å². The molecule has 0 amide bonds. The van der Waals surface area contributed by atoms with Crippen molar-refractivity contribution in [2.45, 2.75) is 52.2 Å². The van der Waals surface area contributed by atoms with Gasteiger partial charge < -0.3 is 15.0 Å². The van der Waals surface area contributed by atoms with Gasteiger partial charge in [0.15, 0.2) is 0 Å². The van der Waals surface area contributed by atoms with E-state index in [4.69, 9.17) is 9.72 Å². The number of aryl methyl sites for hydroxylation is 1. The monoisotopic (exact) mass is 291 g/mol. The molecular formula is C17H29N3O. The number of rotatable bonds is 7. The second-order valence-corrected chi connectivity index (χ2v) is 5.75. The van der Waals surface area contributed by atoms with Crippen LogP contribution in [-0.4, -0.2) is 37.8 Å². The highest BCUT2D eigenvalue weighted by Gasteiger charge is 2.20. The smallest absolute Gasteiger partial charge is 0.129 e. The Kier molecular flexibility index (Phi) is 6.46. The Labute approximate surface area is 128 Å². The third kappa shape index (κ3) is 4.68. The summed E-state index contributed by atoms with van der Waals surface area (Å²) >= 11 is 0. The first-order chi connectivity index (χ1) is 10.3. The molecule has 2 heterocycles. The Balaban J connectivity index is 2.07. The maximum absolute atomic E-state index is 5.73. The standard InChI is InChI=1S/C17H29N3O/c1-4-6-15-11-14(13-18-3)12-17(19-15)20-9-7-16(8-10-20)21-5-2/h11-12,16,18H,4-10,13H2,1-3H3. The van der Waals surface area contributed by atoms with Crippen LogP contribution < -0.4 is 10.2 Å². The van der Waals surface area contributed by atoms with Crippen LogP contribution in [0.25, 0.3) is 0 Å². The Hall–Kier alpha value is -1.13. The van der Waals surface area contributed by atoms with E-state index < -0.39 is 0 Å². The molecule has 0 bridgehead atoms. The molecule has 0 spiro atoms. The van der Waals surface area contributed by atoms with Crippen molar-refractivity contribution < 1.29 is 4.74 Å². The number of hydrogen-bond donors (Lipinski definition) is 1. The summed E-state index contributed by atoms with van der Waals surface area (Å²) in [6.07, 6.45) is 4.84. The van der Waals surface area contributed by atoms with Gasteiger partial charge in [-0.2, -0.15) is 0 Å². The summed E-state index contributed by atoms with van der Waals surface area (Å²) in [4.78, 5) is 7.27. The van der Waals surface area contributed by atoms with Crippen LogP contribution in [-0.2, 0) is 17.7 Å². The molecule has 1 aliphatic heterocycles.